The van der Waals surface area contributed by atoms with Crippen molar-refractivity contribution in [3.8, 4) is 61.8 Å². The Morgan fingerprint density at radius 2 is 0.911 bits per heavy atom. The summed E-state index contributed by atoms with van der Waals surface area (Å²) in [5, 5.41) is 0. The van der Waals surface area contributed by atoms with Crippen molar-refractivity contribution < 1.29 is 4.74 Å². The van der Waals surface area contributed by atoms with Gasteiger partial charge in [0.1, 0.15) is 5.75 Å². The molecule has 0 amide bonds. The van der Waals surface area contributed by atoms with Gasteiger partial charge in [-0.15, -0.1) is 0 Å². The van der Waals surface area contributed by atoms with E-state index >= 15 is 0 Å². The first-order valence-electron chi connectivity index (χ1n) is 19.4. The van der Waals surface area contributed by atoms with Crippen LogP contribution in [0.25, 0.3) is 56.0 Å². The zero-order chi connectivity index (χ0) is 38.3. The van der Waals surface area contributed by atoms with E-state index in [2.05, 4.69) is 148 Å². The lowest BCUT2D eigenvalue weighted by Crippen LogP contribution is -2.00. The quantitative estimate of drug-likeness (QED) is 0.126. The maximum absolute atomic E-state index is 5.46. The van der Waals surface area contributed by atoms with Crippen molar-refractivity contribution in [3.05, 3.63) is 204 Å². The minimum absolute atomic E-state index is 0.820. The number of pyridine rings is 3. The highest BCUT2D eigenvalue weighted by molar-refractivity contribution is 5.84. The lowest BCUT2D eigenvalue weighted by Gasteiger charge is -2.15. The number of methoxy groups -OCH3 is 1. The fourth-order valence-electron chi connectivity index (χ4n) is 7.48. The van der Waals surface area contributed by atoms with Crippen LogP contribution in [0.15, 0.2) is 170 Å². The van der Waals surface area contributed by atoms with E-state index in [-0.39, 0.29) is 0 Å². The maximum atomic E-state index is 5.46. The van der Waals surface area contributed by atoms with Gasteiger partial charge in [0.2, 0.25) is 0 Å². The number of nitrogens with zero attached hydrogens (tertiary/aromatic N) is 3. The highest BCUT2D eigenvalue weighted by Crippen LogP contribution is 2.35. The Balaban J connectivity index is 1.10. The van der Waals surface area contributed by atoms with Gasteiger partial charge >= 0.3 is 0 Å². The molecular formula is C52H45N3O. The number of ether oxygens (including phenoxy) is 1. The number of benzene rings is 5. The second-order valence-electron chi connectivity index (χ2n) is 14.5. The van der Waals surface area contributed by atoms with Crippen LogP contribution >= 0.6 is 0 Å². The monoisotopic (exact) mass is 727 g/mol. The third-order valence-corrected chi connectivity index (χ3v) is 10.7. The molecule has 8 rings (SSSR count). The Bertz CT molecular complexity index is 2470. The summed E-state index contributed by atoms with van der Waals surface area (Å²) in [6.07, 6.45) is 9.78. The third kappa shape index (κ3) is 8.35. The van der Waals surface area contributed by atoms with E-state index in [1.54, 1.807) is 7.11 Å². The largest absolute Gasteiger partial charge is 0.497 e. The number of rotatable bonds is 12. The fraction of sp³-hybridized carbons (Fsp3) is 0.135. The Morgan fingerprint density at radius 1 is 0.393 bits per heavy atom. The van der Waals surface area contributed by atoms with Gasteiger partial charge in [-0.25, -0.2) is 0 Å². The van der Waals surface area contributed by atoms with Gasteiger partial charge in [-0.3, -0.25) is 15.0 Å². The van der Waals surface area contributed by atoms with Crippen LogP contribution in [-0.2, 0) is 25.7 Å². The molecule has 0 aliphatic heterocycles. The second-order valence-corrected chi connectivity index (χ2v) is 14.5. The molecule has 0 N–H and O–H groups in total. The summed E-state index contributed by atoms with van der Waals surface area (Å²) in [7, 11) is 1.69. The van der Waals surface area contributed by atoms with Crippen molar-refractivity contribution >= 4 is 0 Å². The van der Waals surface area contributed by atoms with Crippen molar-refractivity contribution in [1.82, 2.24) is 15.0 Å². The van der Waals surface area contributed by atoms with Gasteiger partial charge in [0.15, 0.2) is 0 Å². The molecule has 0 saturated heterocycles. The van der Waals surface area contributed by atoms with Crippen molar-refractivity contribution in [2.75, 3.05) is 7.11 Å². The van der Waals surface area contributed by atoms with Crippen LogP contribution < -0.4 is 4.74 Å². The summed E-state index contributed by atoms with van der Waals surface area (Å²) < 4.78 is 5.46. The highest BCUT2D eigenvalue weighted by Gasteiger charge is 2.13. The lowest BCUT2D eigenvalue weighted by molar-refractivity contribution is 0.415. The molecule has 0 aliphatic carbocycles. The number of hydrogen-bond acceptors (Lipinski definition) is 4. The zero-order valence-electron chi connectivity index (χ0n) is 32.2. The molecule has 56 heavy (non-hydrogen) atoms. The van der Waals surface area contributed by atoms with Crippen molar-refractivity contribution in [2.45, 2.75) is 39.5 Å². The fourth-order valence-corrected chi connectivity index (χ4v) is 7.48. The minimum atomic E-state index is 0.820. The molecule has 3 aromatic heterocycles. The van der Waals surface area contributed by atoms with E-state index in [1.807, 2.05) is 36.5 Å². The molecule has 274 valence electrons. The van der Waals surface area contributed by atoms with Gasteiger partial charge in [-0.1, -0.05) is 121 Å². The minimum Gasteiger partial charge on any atom is -0.497 e. The molecule has 0 bridgehead atoms. The Labute approximate surface area is 330 Å². The first-order valence-corrected chi connectivity index (χ1v) is 19.4. The molecule has 0 spiro atoms. The maximum Gasteiger partial charge on any atom is 0.119 e. The van der Waals surface area contributed by atoms with Gasteiger partial charge in [-0.2, -0.15) is 0 Å². The topological polar surface area (TPSA) is 47.9 Å². The molecule has 0 fully saturated rings. The van der Waals surface area contributed by atoms with Gasteiger partial charge in [0.25, 0.3) is 0 Å². The van der Waals surface area contributed by atoms with E-state index < -0.39 is 0 Å². The van der Waals surface area contributed by atoms with E-state index in [0.29, 0.717) is 0 Å². The van der Waals surface area contributed by atoms with Crippen LogP contribution in [0.3, 0.4) is 0 Å². The molecule has 0 radical (unpaired) electrons. The molecule has 4 heteroatoms. The second kappa shape index (κ2) is 16.8. The molecule has 5 aromatic carbocycles. The van der Waals surface area contributed by atoms with Gasteiger partial charge in [0, 0.05) is 40.8 Å². The van der Waals surface area contributed by atoms with Crippen LogP contribution in [-0.4, -0.2) is 22.1 Å². The number of hydrogen-bond donors (Lipinski definition) is 0. The Morgan fingerprint density at radius 3 is 1.43 bits per heavy atom. The smallest absolute Gasteiger partial charge is 0.119 e. The predicted octanol–water partition coefficient (Wildman–Crippen LogP) is 12.4. The van der Waals surface area contributed by atoms with Crippen LogP contribution in [0.4, 0.5) is 0 Å². The summed E-state index contributed by atoms with van der Waals surface area (Å²) in [5.74, 6) is 0.820. The number of aryl methyl sites for hydroxylation is 6. The van der Waals surface area contributed by atoms with Crippen molar-refractivity contribution in [2.24, 2.45) is 0 Å². The summed E-state index contributed by atoms with van der Waals surface area (Å²) in [6.45, 7) is 4.41. The first kappa shape index (κ1) is 36.3. The summed E-state index contributed by atoms with van der Waals surface area (Å²) in [6, 6.07) is 53.4. The first-order chi connectivity index (χ1) is 27.5. The molecule has 0 atom stereocenters. The van der Waals surface area contributed by atoms with E-state index in [9.17, 15) is 0 Å². The van der Waals surface area contributed by atoms with E-state index in [1.165, 1.54) is 44.5 Å². The molecular weight excluding hydrogens is 683 g/mol. The highest BCUT2D eigenvalue weighted by atomic mass is 16.5. The van der Waals surface area contributed by atoms with Crippen LogP contribution in [0.5, 0.6) is 5.75 Å². The standard InChI is InChI=1S/C52H45N3O/c1-36-27-51(40-13-6-4-7-14-40)54-33-43(36)23-21-38-29-39(22-24-44-34-55-52(28-37(44)2)41-15-8-5-9-16-41)31-46(30-38)49-20-11-10-19-48(49)45-25-26-50(53-35-45)42-17-12-18-47(32-42)56-3/h4-20,25-35H,21-24H2,1-3H3. The average Bonchev–Trinajstić information content (AvgIpc) is 3.26. The van der Waals surface area contributed by atoms with E-state index in [4.69, 9.17) is 19.7 Å². The summed E-state index contributed by atoms with van der Waals surface area (Å²) >= 11 is 0. The molecule has 0 saturated carbocycles. The Hall–Kier alpha value is -6.65. The van der Waals surface area contributed by atoms with Gasteiger partial charge in [-0.05, 0) is 120 Å². The summed E-state index contributed by atoms with van der Waals surface area (Å²) in [5.41, 5.74) is 18.6. The molecule has 3 heterocycles. The molecule has 8 aromatic rings. The summed E-state index contributed by atoms with van der Waals surface area (Å²) in [4.78, 5) is 14.6. The number of aromatic nitrogens is 3. The SMILES string of the molecule is COc1cccc(-c2ccc(-c3ccccc3-c3cc(CCc4cnc(-c5ccccc5)cc4C)cc(CCc4cnc(-c5ccccc5)cc4C)c3)cn2)c1. The van der Waals surface area contributed by atoms with Crippen LogP contribution in [0.1, 0.15) is 33.4 Å². The average molecular weight is 728 g/mol. The normalized spacial score (nSPS) is 11.1. The van der Waals surface area contributed by atoms with Crippen molar-refractivity contribution in [1.29, 1.82) is 0 Å². The predicted molar refractivity (Wildman–Crippen MR) is 231 cm³/mol. The van der Waals surface area contributed by atoms with Gasteiger partial charge < -0.3 is 4.74 Å². The van der Waals surface area contributed by atoms with Crippen LogP contribution in [0.2, 0.25) is 0 Å². The lowest BCUT2D eigenvalue weighted by atomic mass is 9.90. The molecule has 0 unspecified atom stereocenters. The molecule has 4 nitrogen and oxygen atoms in total. The van der Waals surface area contributed by atoms with E-state index in [0.717, 1.165) is 76.3 Å². The Kier molecular flexibility index (Phi) is 10.9. The van der Waals surface area contributed by atoms with Crippen molar-refractivity contribution in [3.63, 3.8) is 0 Å². The molecule has 0 aliphatic rings. The zero-order valence-corrected chi connectivity index (χ0v) is 32.2. The van der Waals surface area contributed by atoms with Gasteiger partial charge in [0.05, 0.1) is 24.2 Å². The third-order valence-electron chi connectivity index (χ3n) is 10.7. The van der Waals surface area contributed by atoms with Crippen LogP contribution in [0, 0.1) is 13.8 Å².